The highest BCUT2D eigenvalue weighted by atomic mass is 35.5. The van der Waals surface area contributed by atoms with Crippen molar-refractivity contribution in [2.45, 2.75) is 6.42 Å². The van der Waals surface area contributed by atoms with Crippen molar-refractivity contribution in [3.63, 3.8) is 0 Å². The highest BCUT2D eigenvalue weighted by Crippen LogP contribution is 2.37. The number of fused-ring (bicyclic) bond motifs is 3. The summed E-state index contributed by atoms with van der Waals surface area (Å²) in [5, 5.41) is 8.97. The summed E-state index contributed by atoms with van der Waals surface area (Å²) in [5.74, 6) is -0.0604. The molecule has 1 aromatic rings. The number of nitrogens with zero attached hydrogens (tertiary/aromatic N) is 3. The lowest BCUT2D eigenvalue weighted by Crippen LogP contribution is -2.43. The zero-order valence-corrected chi connectivity index (χ0v) is 10.6. The van der Waals surface area contributed by atoms with Gasteiger partial charge < -0.3 is 10.0 Å². The molecule has 0 radical (unpaired) electrons. The first-order chi connectivity index (χ1) is 8.27. The van der Waals surface area contributed by atoms with E-state index in [2.05, 4.69) is 9.89 Å². The summed E-state index contributed by atoms with van der Waals surface area (Å²) in [7, 11) is 0. The van der Waals surface area contributed by atoms with Crippen molar-refractivity contribution in [3.05, 3.63) is 24.3 Å². The number of hydrogen-bond acceptors (Lipinski definition) is 4. The molecule has 0 aliphatic carbocycles. The molecule has 6 heteroatoms. The Morgan fingerprint density at radius 3 is 2.78 bits per heavy atom. The molecule has 18 heavy (non-hydrogen) atoms. The van der Waals surface area contributed by atoms with E-state index in [-0.39, 0.29) is 19.0 Å². The number of carbonyl (C=O) groups is 1. The molecule has 2 aliphatic rings. The number of carboxylic acid groups (broad SMARTS) is 1. The Bertz CT molecular complexity index is 504. The molecular formula is C12H14ClN3O2. The maximum absolute atomic E-state index is 10.9. The van der Waals surface area contributed by atoms with Crippen LogP contribution < -0.4 is 9.80 Å². The van der Waals surface area contributed by atoms with Gasteiger partial charge in [-0.3, -0.25) is 14.7 Å². The van der Waals surface area contributed by atoms with Gasteiger partial charge >= 0.3 is 5.97 Å². The molecule has 0 aromatic heterocycles. The van der Waals surface area contributed by atoms with Crippen LogP contribution in [0.15, 0.2) is 29.3 Å². The molecule has 3 rings (SSSR count). The predicted molar refractivity (Wildman–Crippen MR) is 72.9 cm³/mol. The second-order valence-corrected chi connectivity index (χ2v) is 4.16. The third-order valence-corrected chi connectivity index (χ3v) is 3.03. The molecule has 96 valence electrons. The third kappa shape index (κ3) is 1.90. The van der Waals surface area contributed by atoms with Gasteiger partial charge in [0.25, 0.3) is 0 Å². The lowest BCUT2D eigenvalue weighted by molar-refractivity contribution is -0.135. The summed E-state index contributed by atoms with van der Waals surface area (Å²) in [6, 6.07) is 7.85. The summed E-state index contributed by atoms with van der Waals surface area (Å²) in [5.41, 5.74) is 2.00. The Morgan fingerprint density at radius 2 is 2.06 bits per heavy atom. The monoisotopic (exact) mass is 267 g/mol. The fraction of sp³-hybridized carbons (Fsp3) is 0.333. The first-order valence-electron chi connectivity index (χ1n) is 5.68. The number of aliphatic carboxylic acids is 1. The van der Waals surface area contributed by atoms with Crippen LogP contribution in [0.3, 0.4) is 0 Å². The van der Waals surface area contributed by atoms with E-state index in [4.69, 9.17) is 5.11 Å². The van der Waals surface area contributed by atoms with E-state index >= 15 is 0 Å². The smallest absolute Gasteiger partial charge is 0.323 e. The van der Waals surface area contributed by atoms with Crippen molar-refractivity contribution in [2.75, 3.05) is 29.4 Å². The largest absolute Gasteiger partial charge is 0.480 e. The zero-order valence-electron chi connectivity index (χ0n) is 9.74. The Morgan fingerprint density at radius 1 is 1.33 bits per heavy atom. The van der Waals surface area contributed by atoms with Gasteiger partial charge in [-0.2, -0.15) is 0 Å². The van der Waals surface area contributed by atoms with Crippen molar-refractivity contribution >= 4 is 35.7 Å². The lowest BCUT2D eigenvalue weighted by Gasteiger charge is -2.25. The molecule has 0 atom stereocenters. The number of anilines is 2. The molecule has 0 unspecified atom stereocenters. The molecule has 5 nitrogen and oxygen atoms in total. The fourth-order valence-corrected chi connectivity index (χ4v) is 2.37. The van der Waals surface area contributed by atoms with Crippen molar-refractivity contribution in [2.24, 2.45) is 4.99 Å². The van der Waals surface area contributed by atoms with E-state index in [9.17, 15) is 4.79 Å². The Balaban J connectivity index is 0.00000120. The summed E-state index contributed by atoms with van der Waals surface area (Å²) in [6.07, 6.45) is 1.01. The van der Waals surface area contributed by atoms with Crippen LogP contribution in [0.4, 0.5) is 11.4 Å². The molecule has 1 N–H and O–H groups in total. The fourth-order valence-electron chi connectivity index (χ4n) is 2.37. The van der Waals surface area contributed by atoms with E-state index in [1.165, 1.54) is 0 Å². The molecule has 2 aliphatic heterocycles. The van der Waals surface area contributed by atoms with Crippen molar-refractivity contribution in [1.29, 1.82) is 0 Å². The number of rotatable bonds is 2. The molecule has 0 saturated carbocycles. The third-order valence-electron chi connectivity index (χ3n) is 3.03. The van der Waals surface area contributed by atoms with Gasteiger partial charge in [0.15, 0.2) is 0 Å². The van der Waals surface area contributed by atoms with Gasteiger partial charge in [-0.25, -0.2) is 0 Å². The van der Waals surface area contributed by atoms with E-state index in [1.54, 1.807) is 4.90 Å². The van der Waals surface area contributed by atoms with Gasteiger partial charge in [-0.05, 0) is 18.6 Å². The lowest BCUT2D eigenvalue weighted by atomic mass is 10.2. The summed E-state index contributed by atoms with van der Waals surface area (Å²) < 4.78 is 0. The number of guanidine groups is 1. The first kappa shape index (κ1) is 12.7. The number of benzene rings is 1. The number of carboxylic acids is 1. The molecule has 0 spiro atoms. The maximum Gasteiger partial charge on any atom is 0.323 e. The van der Waals surface area contributed by atoms with Crippen LogP contribution in [0.25, 0.3) is 0 Å². The average molecular weight is 268 g/mol. The minimum atomic E-state index is -0.838. The number of para-hydroxylation sites is 2. The van der Waals surface area contributed by atoms with Gasteiger partial charge in [0.2, 0.25) is 5.96 Å². The van der Waals surface area contributed by atoms with E-state index in [1.807, 2.05) is 24.3 Å². The van der Waals surface area contributed by atoms with Crippen LogP contribution in [-0.4, -0.2) is 36.7 Å². The summed E-state index contributed by atoms with van der Waals surface area (Å²) in [4.78, 5) is 19.2. The van der Waals surface area contributed by atoms with Crippen molar-refractivity contribution < 1.29 is 9.90 Å². The van der Waals surface area contributed by atoms with Crippen LogP contribution in [-0.2, 0) is 4.79 Å². The topological polar surface area (TPSA) is 56.1 Å². The average Bonchev–Trinajstić information content (AvgIpc) is 2.65. The zero-order chi connectivity index (χ0) is 11.8. The highest BCUT2D eigenvalue weighted by Gasteiger charge is 2.34. The van der Waals surface area contributed by atoms with Crippen molar-refractivity contribution in [1.82, 2.24) is 0 Å². The Hall–Kier alpha value is -1.75. The van der Waals surface area contributed by atoms with Gasteiger partial charge in [-0.1, -0.05) is 12.1 Å². The molecule has 0 fully saturated rings. The predicted octanol–water partition coefficient (Wildman–Crippen LogP) is 1.58. The number of hydrogen-bond donors (Lipinski definition) is 1. The SMILES string of the molecule is Cl.O=C(O)CN1C2=NCCCN2c2ccccc21. The van der Waals surface area contributed by atoms with E-state index in [0.29, 0.717) is 0 Å². The van der Waals surface area contributed by atoms with E-state index in [0.717, 1.165) is 36.8 Å². The molecule has 0 saturated heterocycles. The minimum Gasteiger partial charge on any atom is -0.480 e. The Labute approximate surface area is 111 Å². The second-order valence-electron chi connectivity index (χ2n) is 4.16. The van der Waals surface area contributed by atoms with Gasteiger partial charge in [-0.15, -0.1) is 12.4 Å². The first-order valence-corrected chi connectivity index (χ1v) is 5.68. The summed E-state index contributed by atoms with van der Waals surface area (Å²) >= 11 is 0. The molecular weight excluding hydrogens is 254 g/mol. The summed E-state index contributed by atoms with van der Waals surface area (Å²) in [6.45, 7) is 1.65. The van der Waals surface area contributed by atoms with Gasteiger partial charge in [0, 0.05) is 13.1 Å². The Kier molecular flexibility index (Phi) is 3.43. The second kappa shape index (κ2) is 4.86. The van der Waals surface area contributed by atoms with Gasteiger partial charge in [0.1, 0.15) is 6.54 Å². The normalized spacial score (nSPS) is 16.6. The van der Waals surface area contributed by atoms with Crippen LogP contribution in [0.1, 0.15) is 6.42 Å². The standard InChI is InChI=1S/C12H13N3O2.ClH/c16-11(17)8-15-10-5-2-1-4-9(10)14-7-3-6-13-12(14)15;/h1-2,4-5H,3,6-8H2,(H,16,17);1H. The van der Waals surface area contributed by atoms with E-state index < -0.39 is 5.97 Å². The van der Waals surface area contributed by atoms with Gasteiger partial charge in [0.05, 0.1) is 11.4 Å². The van der Waals surface area contributed by atoms with Crippen LogP contribution >= 0.6 is 12.4 Å². The molecule has 0 amide bonds. The molecule has 1 aromatic carbocycles. The van der Waals surface area contributed by atoms with Crippen LogP contribution in [0.2, 0.25) is 0 Å². The van der Waals surface area contributed by atoms with Crippen LogP contribution in [0, 0.1) is 0 Å². The minimum absolute atomic E-state index is 0. The highest BCUT2D eigenvalue weighted by molar-refractivity contribution is 6.17. The maximum atomic E-state index is 10.9. The number of halogens is 1. The van der Waals surface area contributed by atoms with Crippen LogP contribution in [0.5, 0.6) is 0 Å². The number of aliphatic imine (C=N–C) groups is 1. The van der Waals surface area contributed by atoms with Crippen molar-refractivity contribution in [3.8, 4) is 0 Å². The quantitative estimate of drug-likeness (QED) is 0.884. The molecule has 0 bridgehead atoms. The molecule has 2 heterocycles.